The van der Waals surface area contributed by atoms with E-state index >= 15 is 0 Å². The number of halogens is 4. The van der Waals surface area contributed by atoms with Gasteiger partial charge in [0.25, 0.3) is 5.91 Å². The number of carbonyl (C=O) groups excluding carboxylic acids is 1. The molecule has 0 saturated carbocycles. The topological polar surface area (TPSA) is 78.8 Å². The van der Waals surface area contributed by atoms with Crippen molar-refractivity contribution in [1.29, 1.82) is 0 Å². The molecule has 6 nitrogen and oxygen atoms in total. The highest BCUT2D eigenvalue weighted by Gasteiger charge is 2.27. The van der Waals surface area contributed by atoms with Gasteiger partial charge in [-0.15, -0.1) is 0 Å². The maximum Gasteiger partial charge on any atom is 0.255 e. The average molecular weight is 545 g/mol. The van der Waals surface area contributed by atoms with Gasteiger partial charge in [-0.25, -0.2) is 13.8 Å². The number of carbonyl (C=O) groups is 1. The number of hydrazone groups is 1. The summed E-state index contributed by atoms with van der Waals surface area (Å²) in [5, 5.41) is 5.44. The molecule has 0 saturated heterocycles. The molecular formula is C22H17Cl4N3O3S. The van der Waals surface area contributed by atoms with Crippen LogP contribution < -0.4 is 5.43 Å². The van der Waals surface area contributed by atoms with E-state index in [4.69, 9.17) is 46.4 Å². The first-order chi connectivity index (χ1) is 15.6. The zero-order valence-corrected chi connectivity index (χ0v) is 20.7. The van der Waals surface area contributed by atoms with Crippen LogP contribution in [0.3, 0.4) is 0 Å². The quantitative estimate of drug-likeness (QED) is 0.294. The van der Waals surface area contributed by atoms with Crippen molar-refractivity contribution in [2.45, 2.75) is 11.4 Å². The van der Waals surface area contributed by atoms with E-state index in [-0.39, 0.29) is 11.4 Å². The summed E-state index contributed by atoms with van der Waals surface area (Å²) in [6.07, 6.45) is 1.37. The second-order valence-corrected chi connectivity index (χ2v) is 10.4. The Morgan fingerprint density at radius 2 is 1.64 bits per heavy atom. The van der Waals surface area contributed by atoms with Crippen molar-refractivity contribution in [3.63, 3.8) is 0 Å². The van der Waals surface area contributed by atoms with Crippen LogP contribution in [0.25, 0.3) is 0 Å². The highest BCUT2D eigenvalue weighted by molar-refractivity contribution is 7.89. The fraction of sp³-hybridized carbons (Fsp3) is 0.0909. The molecule has 0 unspecified atom stereocenters. The molecule has 3 aromatic carbocycles. The van der Waals surface area contributed by atoms with Gasteiger partial charge in [0.05, 0.1) is 27.7 Å². The Labute approximate surface area is 211 Å². The number of rotatable bonds is 8. The Hall–Kier alpha value is -2.13. The van der Waals surface area contributed by atoms with Gasteiger partial charge in [-0.05, 0) is 59.7 Å². The lowest BCUT2D eigenvalue weighted by Crippen LogP contribution is -2.39. The molecule has 1 amide bonds. The van der Waals surface area contributed by atoms with Crippen LogP contribution in [0.4, 0.5) is 0 Å². The number of amides is 1. The molecule has 0 aliphatic heterocycles. The van der Waals surface area contributed by atoms with E-state index in [9.17, 15) is 13.2 Å². The minimum absolute atomic E-state index is 0.000959. The second-order valence-electron chi connectivity index (χ2n) is 6.82. The molecule has 0 spiro atoms. The van der Waals surface area contributed by atoms with Crippen molar-refractivity contribution < 1.29 is 13.2 Å². The molecule has 0 fully saturated rings. The minimum Gasteiger partial charge on any atom is -0.272 e. The number of benzene rings is 3. The number of nitrogens with zero attached hydrogens (tertiary/aromatic N) is 2. The molecule has 0 radical (unpaired) electrons. The largest absolute Gasteiger partial charge is 0.272 e. The Kier molecular flexibility index (Phi) is 8.75. The van der Waals surface area contributed by atoms with Gasteiger partial charge in [-0.3, -0.25) is 4.79 Å². The molecule has 0 heterocycles. The van der Waals surface area contributed by atoms with Gasteiger partial charge >= 0.3 is 0 Å². The summed E-state index contributed by atoms with van der Waals surface area (Å²) < 4.78 is 27.5. The van der Waals surface area contributed by atoms with Crippen molar-refractivity contribution in [2.24, 2.45) is 5.10 Å². The number of nitrogens with one attached hydrogen (secondary N) is 1. The number of hydrogen-bond acceptors (Lipinski definition) is 4. The van der Waals surface area contributed by atoms with Crippen molar-refractivity contribution in [2.75, 3.05) is 6.54 Å². The van der Waals surface area contributed by atoms with Gasteiger partial charge in [0.1, 0.15) is 0 Å². The van der Waals surface area contributed by atoms with E-state index in [0.717, 1.165) is 4.31 Å². The van der Waals surface area contributed by atoms with E-state index in [1.165, 1.54) is 30.5 Å². The zero-order chi connectivity index (χ0) is 24.0. The number of hydrogen-bond donors (Lipinski definition) is 1. The van der Waals surface area contributed by atoms with Crippen LogP contribution in [-0.2, 0) is 21.4 Å². The van der Waals surface area contributed by atoms with Crippen molar-refractivity contribution in [3.05, 3.63) is 97.9 Å². The molecule has 33 heavy (non-hydrogen) atoms. The fourth-order valence-electron chi connectivity index (χ4n) is 2.79. The predicted octanol–water partition coefficient (Wildman–Crippen LogP) is 5.64. The molecule has 172 valence electrons. The SMILES string of the molecule is O=C(CN(Cc1cccc(Cl)c1)S(=O)(=O)c1ccc(Cl)cc1)N/N=C\c1ccc(Cl)c(Cl)c1. The van der Waals surface area contributed by atoms with E-state index in [1.54, 1.807) is 42.5 Å². The van der Waals surface area contributed by atoms with Crippen LogP contribution in [0, 0.1) is 0 Å². The summed E-state index contributed by atoms with van der Waals surface area (Å²) in [5.41, 5.74) is 3.55. The predicted molar refractivity (Wildman–Crippen MR) is 133 cm³/mol. The monoisotopic (exact) mass is 543 g/mol. The molecule has 0 bridgehead atoms. The highest BCUT2D eigenvalue weighted by Crippen LogP contribution is 2.23. The third kappa shape index (κ3) is 7.17. The summed E-state index contributed by atoms with van der Waals surface area (Å²) in [6, 6.07) is 17.3. The first-order valence-electron chi connectivity index (χ1n) is 9.42. The van der Waals surface area contributed by atoms with Gasteiger partial charge in [0.15, 0.2) is 0 Å². The maximum atomic E-state index is 13.2. The average Bonchev–Trinajstić information content (AvgIpc) is 2.76. The molecule has 3 rings (SSSR count). The zero-order valence-electron chi connectivity index (χ0n) is 16.9. The molecular weight excluding hydrogens is 528 g/mol. The van der Waals surface area contributed by atoms with Gasteiger partial charge in [0.2, 0.25) is 10.0 Å². The lowest BCUT2D eigenvalue weighted by molar-refractivity contribution is -0.121. The van der Waals surface area contributed by atoms with Gasteiger partial charge < -0.3 is 0 Å². The van der Waals surface area contributed by atoms with Gasteiger partial charge in [0, 0.05) is 16.6 Å². The van der Waals surface area contributed by atoms with Crippen LogP contribution in [0.15, 0.2) is 76.7 Å². The third-order valence-electron chi connectivity index (χ3n) is 4.37. The van der Waals surface area contributed by atoms with E-state index in [0.29, 0.717) is 31.2 Å². The lowest BCUT2D eigenvalue weighted by atomic mass is 10.2. The summed E-state index contributed by atoms with van der Waals surface area (Å²) in [5.74, 6) is -0.633. The van der Waals surface area contributed by atoms with Crippen LogP contribution in [0.2, 0.25) is 20.1 Å². The first-order valence-corrected chi connectivity index (χ1v) is 12.4. The summed E-state index contributed by atoms with van der Waals surface area (Å²) >= 11 is 23.7. The maximum absolute atomic E-state index is 13.2. The van der Waals surface area contributed by atoms with Gasteiger partial charge in [-0.2, -0.15) is 9.41 Å². The van der Waals surface area contributed by atoms with Crippen molar-refractivity contribution in [3.8, 4) is 0 Å². The van der Waals surface area contributed by atoms with Crippen LogP contribution in [-0.4, -0.2) is 31.4 Å². The van der Waals surface area contributed by atoms with E-state index < -0.39 is 22.5 Å². The van der Waals surface area contributed by atoms with E-state index in [2.05, 4.69) is 10.5 Å². The standard InChI is InChI=1S/C22H17Cl4N3O3S/c23-17-5-7-19(8-6-17)33(31,32)29(13-16-2-1-3-18(24)10-16)14-22(30)28-27-12-15-4-9-20(25)21(26)11-15/h1-12H,13-14H2,(H,28,30)/b27-12-. The fourth-order valence-corrected chi connectivity index (χ4v) is 4.82. The summed E-state index contributed by atoms with van der Waals surface area (Å²) in [7, 11) is -4.02. The third-order valence-corrected chi connectivity index (χ3v) is 7.40. The Morgan fingerprint density at radius 3 is 2.30 bits per heavy atom. The smallest absolute Gasteiger partial charge is 0.255 e. The Morgan fingerprint density at radius 1 is 0.909 bits per heavy atom. The second kappa shape index (κ2) is 11.3. The number of sulfonamides is 1. The molecule has 0 aromatic heterocycles. The van der Waals surface area contributed by atoms with E-state index in [1.807, 2.05) is 0 Å². The highest BCUT2D eigenvalue weighted by atomic mass is 35.5. The lowest BCUT2D eigenvalue weighted by Gasteiger charge is -2.21. The summed E-state index contributed by atoms with van der Waals surface area (Å²) in [6.45, 7) is -0.550. The normalized spacial score (nSPS) is 11.8. The molecule has 0 atom stereocenters. The molecule has 3 aromatic rings. The van der Waals surface area contributed by atoms with Crippen LogP contribution in [0.5, 0.6) is 0 Å². The van der Waals surface area contributed by atoms with Crippen LogP contribution >= 0.6 is 46.4 Å². The van der Waals surface area contributed by atoms with Gasteiger partial charge in [-0.1, -0.05) is 64.6 Å². The van der Waals surface area contributed by atoms with Crippen molar-refractivity contribution >= 4 is 68.5 Å². The first kappa shape index (κ1) is 25.5. The minimum atomic E-state index is -4.02. The molecule has 0 aliphatic carbocycles. The van der Waals surface area contributed by atoms with Crippen molar-refractivity contribution in [1.82, 2.24) is 9.73 Å². The molecule has 11 heteroatoms. The summed E-state index contributed by atoms with van der Waals surface area (Å²) in [4.78, 5) is 12.5. The molecule has 1 N–H and O–H groups in total. The Balaban J connectivity index is 1.79. The van der Waals surface area contributed by atoms with Crippen LogP contribution in [0.1, 0.15) is 11.1 Å². The molecule has 0 aliphatic rings. The Bertz CT molecular complexity index is 1280.